The highest BCUT2D eigenvalue weighted by molar-refractivity contribution is 7.99. The minimum absolute atomic E-state index is 0.334. The van der Waals surface area contributed by atoms with Crippen LogP contribution < -0.4 is 4.72 Å². The monoisotopic (exact) mass is 312 g/mol. The first-order valence-corrected chi connectivity index (χ1v) is 8.51. The van der Waals surface area contributed by atoms with Crippen molar-refractivity contribution in [2.75, 3.05) is 12.3 Å². The van der Waals surface area contributed by atoms with Gasteiger partial charge in [0.2, 0.25) is 10.0 Å². The summed E-state index contributed by atoms with van der Waals surface area (Å²) in [5.41, 5.74) is 1.66. The number of thioether (sulfide) groups is 1. The van der Waals surface area contributed by atoms with Gasteiger partial charge in [0.25, 0.3) is 0 Å². The quantitative estimate of drug-likeness (QED) is 0.623. The van der Waals surface area contributed by atoms with Gasteiger partial charge < -0.3 is 0 Å². The standard InChI is InChI=1S/C12H16N4O2S2/c1-9-3-4-10(2)11(7-9)20(17,18)15-5-6-19-12-13-8-14-16-12/h3-4,7-8,15H,5-6H2,1-2H3,(H,13,14,16). The van der Waals surface area contributed by atoms with E-state index in [-0.39, 0.29) is 0 Å². The Balaban J connectivity index is 1.95. The summed E-state index contributed by atoms with van der Waals surface area (Å²) in [5, 5.41) is 7.11. The van der Waals surface area contributed by atoms with Crippen molar-refractivity contribution in [3.05, 3.63) is 35.7 Å². The lowest BCUT2D eigenvalue weighted by atomic mass is 10.2. The molecule has 0 aliphatic heterocycles. The molecule has 2 rings (SSSR count). The molecule has 6 nitrogen and oxygen atoms in total. The van der Waals surface area contributed by atoms with Crippen molar-refractivity contribution in [3.8, 4) is 0 Å². The molecule has 0 radical (unpaired) electrons. The maximum atomic E-state index is 12.2. The van der Waals surface area contributed by atoms with E-state index in [1.54, 1.807) is 13.0 Å². The third kappa shape index (κ3) is 3.81. The molecule has 0 aliphatic carbocycles. The van der Waals surface area contributed by atoms with Gasteiger partial charge in [-0.3, -0.25) is 5.10 Å². The van der Waals surface area contributed by atoms with E-state index in [0.717, 1.165) is 11.1 Å². The fourth-order valence-electron chi connectivity index (χ4n) is 1.66. The number of H-pyrrole nitrogens is 1. The molecule has 0 saturated heterocycles. The molecule has 20 heavy (non-hydrogen) atoms. The van der Waals surface area contributed by atoms with E-state index in [9.17, 15) is 8.42 Å². The van der Waals surface area contributed by atoms with Gasteiger partial charge in [0.15, 0.2) is 5.16 Å². The van der Waals surface area contributed by atoms with Crippen molar-refractivity contribution in [1.29, 1.82) is 0 Å². The molecule has 0 fully saturated rings. The number of aryl methyl sites for hydroxylation is 2. The average molecular weight is 312 g/mol. The number of aromatic nitrogens is 3. The second kappa shape index (κ2) is 6.38. The highest BCUT2D eigenvalue weighted by Gasteiger charge is 2.16. The molecule has 1 aromatic heterocycles. The van der Waals surface area contributed by atoms with Crippen LogP contribution >= 0.6 is 11.8 Å². The zero-order chi connectivity index (χ0) is 14.6. The SMILES string of the molecule is Cc1ccc(C)c(S(=O)(=O)NCCSc2ncn[nH]2)c1. The van der Waals surface area contributed by atoms with Gasteiger partial charge >= 0.3 is 0 Å². The van der Waals surface area contributed by atoms with Gasteiger partial charge in [0.1, 0.15) is 6.33 Å². The molecule has 2 N–H and O–H groups in total. The Bertz CT molecular complexity index is 669. The predicted molar refractivity (Wildman–Crippen MR) is 78.2 cm³/mol. The van der Waals surface area contributed by atoms with E-state index < -0.39 is 10.0 Å². The van der Waals surface area contributed by atoms with Crippen LogP contribution in [0.25, 0.3) is 0 Å². The third-order valence-electron chi connectivity index (χ3n) is 2.66. The van der Waals surface area contributed by atoms with Gasteiger partial charge in [-0.15, -0.1) is 0 Å². The summed E-state index contributed by atoms with van der Waals surface area (Å²) in [6.45, 7) is 4.00. The molecule has 0 aliphatic rings. The summed E-state index contributed by atoms with van der Waals surface area (Å²) in [6.07, 6.45) is 1.42. The number of nitrogens with one attached hydrogen (secondary N) is 2. The molecular weight excluding hydrogens is 296 g/mol. The summed E-state index contributed by atoms with van der Waals surface area (Å²) in [5.74, 6) is 0.583. The third-order valence-corrected chi connectivity index (χ3v) is 5.14. The Kier molecular flexibility index (Phi) is 4.79. The van der Waals surface area contributed by atoms with Crippen molar-refractivity contribution in [2.45, 2.75) is 23.9 Å². The van der Waals surface area contributed by atoms with Crippen LogP contribution in [0.3, 0.4) is 0 Å². The first kappa shape index (κ1) is 15.0. The van der Waals surface area contributed by atoms with Crippen molar-refractivity contribution in [2.24, 2.45) is 0 Å². The molecule has 0 atom stereocenters. The summed E-state index contributed by atoms with van der Waals surface area (Å²) >= 11 is 1.41. The van der Waals surface area contributed by atoms with Crippen LogP contribution in [0, 0.1) is 13.8 Å². The lowest BCUT2D eigenvalue weighted by Crippen LogP contribution is -2.26. The zero-order valence-electron chi connectivity index (χ0n) is 11.3. The number of sulfonamides is 1. The molecule has 8 heteroatoms. The number of aromatic amines is 1. The highest BCUT2D eigenvalue weighted by Crippen LogP contribution is 2.17. The Labute approximate surface area is 122 Å². The molecule has 0 amide bonds. The van der Waals surface area contributed by atoms with Gasteiger partial charge in [-0.25, -0.2) is 18.1 Å². The van der Waals surface area contributed by atoms with Crippen molar-refractivity contribution in [3.63, 3.8) is 0 Å². The fraction of sp³-hybridized carbons (Fsp3) is 0.333. The number of rotatable bonds is 6. The Hall–Kier alpha value is -1.38. The molecule has 1 aromatic carbocycles. The van der Waals surface area contributed by atoms with E-state index in [0.29, 0.717) is 22.3 Å². The molecule has 2 aromatic rings. The van der Waals surface area contributed by atoms with E-state index in [1.165, 1.54) is 18.1 Å². The van der Waals surface area contributed by atoms with Crippen LogP contribution in [-0.4, -0.2) is 35.9 Å². The largest absolute Gasteiger partial charge is 0.254 e. The summed E-state index contributed by atoms with van der Waals surface area (Å²) in [4.78, 5) is 4.29. The van der Waals surface area contributed by atoms with Gasteiger partial charge in [0, 0.05) is 12.3 Å². The number of nitrogens with zero attached hydrogens (tertiary/aromatic N) is 2. The average Bonchev–Trinajstić information content (AvgIpc) is 2.90. The number of benzene rings is 1. The predicted octanol–water partition coefficient (Wildman–Crippen LogP) is 1.49. The van der Waals surface area contributed by atoms with Crippen LogP contribution in [-0.2, 0) is 10.0 Å². The normalized spacial score (nSPS) is 11.7. The second-order valence-corrected chi connectivity index (χ2v) is 7.12. The first-order valence-electron chi connectivity index (χ1n) is 6.04. The van der Waals surface area contributed by atoms with Crippen LogP contribution in [0.15, 0.2) is 34.6 Å². The van der Waals surface area contributed by atoms with Gasteiger partial charge in [0.05, 0.1) is 4.90 Å². The van der Waals surface area contributed by atoms with E-state index in [1.807, 2.05) is 19.1 Å². The van der Waals surface area contributed by atoms with Crippen LogP contribution in [0.4, 0.5) is 0 Å². The fourth-order valence-corrected chi connectivity index (χ4v) is 3.79. The molecule has 0 saturated carbocycles. The molecule has 0 spiro atoms. The second-order valence-electron chi connectivity index (χ2n) is 4.31. The molecule has 1 heterocycles. The van der Waals surface area contributed by atoms with Gasteiger partial charge in [-0.05, 0) is 31.0 Å². The van der Waals surface area contributed by atoms with Gasteiger partial charge in [-0.1, -0.05) is 23.9 Å². The molecule has 108 valence electrons. The van der Waals surface area contributed by atoms with E-state index >= 15 is 0 Å². The molecule has 0 bridgehead atoms. The van der Waals surface area contributed by atoms with Crippen molar-refractivity contribution >= 4 is 21.8 Å². The number of hydrogen-bond acceptors (Lipinski definition) is 5. The van der Waals surface area contributed by atoms with Crippen LogP contribution in [0.2, 0.25) is 0 Å². The topological polar surface area (TPSA) is 87.7 Å². The Morgan fingerprint density at radius 3 is 2.85 bits per heavy atom. The number of hydrogen-bond donors (Lipinski definition) is 2. The molecular formula is C12H16N4O2S2. The van der Waals surface area contributed by atoms with E-state index in [4.69, 9.17) is 0 Å². The van der Waals surface area contributed by atoms with E-state index in [2.05, 4.69) is 19.9 Å². The Morgan fingerprint density at radius 1 is 1.35 bits per heavy atom. The summed E-state index contributed by atoms with van der Waals surface area (Å²) in [7, 11) is -3.46. The van der Waals surface area contributed by atoms with Crippen LogP contribution in [0.5, 0.6) is 0 Å². The van der Waals surface area contributed by atoms with Crippen molar-refractivity contribution < 1.29 is 8.42 Å². The van der Waals surface area contributed by atoms with Crippen LogP contribution in [0.1, 0.15) is 11.1 Å². The molecule has 0 unspecified atom stereocenters. The lowest BCUT2D eigenvalue weighted by molar-refractivity contribution is 0.583. The maximum Gasteiger partial charge on any atom is 0.240 e. The summed E-state index contributed by atoms with van der Waals surface area (Å²) in [6, 6.07) is 5.39. The van der Waals surface area contributed by atoms with Crippen molar-refractivity contribution in [1.82, 2.24) is 19.9 Å². The summed E-state index contributed by atoms with van der Waals surface area (Å²) < 4.78 is 27.0. The Morgan fingerprint density at radius 2 is 2.15 bits per heavy atom. The first-order chi connectivity index (χ1) is 9.49. The smallest absolute Gasteiger partial charge is 0.240 e. The minimum atomic E-state index is -3.46. The highest BCUT2D eigenvalue weighted by atomic mass is 32.2. The van der Waals surface area contributed by atoms with Gasteiger partial charge in [-0.2, -0.15) is 5.10 Å². The lowest BCUT2D eigenvalue weighted by Gasteiger charge is -2.09. The minimum Gasteiger partial charge on any atom is -0.254 e. The zero-order valence-corrected chi connectivity index (χ0v) is 12.9. The maximum absolute atomic E-state index is 12.2.